The number of benzene rings is 2. The second kappa shape index (κ2) is 5.95. The summed E-state index contributed by atoms with van der Waals surface area (Å²) in [6, 6.07) is 10.1. The normalized spacial score (nSPS) is 16.5. The van der Waals surface area contributed by atoms with Gasteiger partial charge in [-0.05, 0) is 31.2 Å². The number of hydrogen-bond donors (Lipinski definition) is 0. The smallest absolute Gasteiger partial charge is 0.283 e. The topological polar surface area (TPSA) is 43.1 Å². The first-order valence-electron chi connectivity index (χ1n) is 7.81. The van der Waals surface area contributed by atoms with Crippen LogP contribution in [0.4, 0.5) is 13.2 Å². The van der Waals surface area contributed by atoms with E-state index >= 15 is 0 Å². The van der Waals surface area contributed by atoms with Gasteiger partial charge in [-0.1, -0.05) is 29.8 Å². The zero-order valence-electron chi connectivity index (χ0n) is 13.5. The van der Waals surface area contributed by atoms with Crippen LogP contribution in [0.3, 0.4) is 0 Å². The second-order valence-corrected chi connectivity index (χ2v) is 6.33. The first-order valence-corrected chi connectivity index (χ1v) is 8.18. The number of rotatable bonds is 1. The van der Waals surface area contributed by atoms with E-state index in [1.165, 1.54) is 12.4 Å². The van der Waals surface area contributed by atoms with Gasteiger partial charge in [-0.15, -0.1) is 10.2 Å². The molecule has 0 spiro atoms. The van der Waals surface area contributed by atoms with Gasteiger partial charge in [0.15, 0.2) is 5.82 Å². The Morgan fingerprint density at radius 2 is 1.85 bits per heavy atom. The summed E-state index contributed by atoms with van der Waals surface area (Å²) in [7, 11) is 0. The van der Waals surface area contributed by atoms with Crippen molar-refractivity contribution in [3.05, 3.63) is 76.3 Å². The third-order valence-corrected chi connectivity index (χ3v) is 4.57. The largest absolute Gasteiger partial charge is 0.416 e. The number of hydrogen-bond acceptors (Lipinski definition) is 3. The van der Waals surface area contributed by atoms with Crippen LogP contribution in [-0.4, -0.2) is 20.5 Å². The standard InChI is InChI=1S/C18H12ClF3N4/c1-10-17-25-23-9-26(17)15-7-6-11(18(20,21)22)8-13(15)16(24-10)12-4-2-3-5-14(12)19/h2-10H,1H3. The number of fused-ring (bicyclic) bond motifs is 3. The van der Waals surface area contributed by atoms with Crippen molar-refractivity contribution >= 4 is 17.3 Å². The Morgan fingerprint density at radius 1 is 1.08 bits per heavy atom. The molecule has 0 bridgehead atoms. The van der Waals surface area contributed by atoms with Crippen molar-refractivity contribution in [3.8, 4) is 5.69 Å². The monoisotopic (exact) mass is 376 g/mol. The summed E-state index contributed by atoms with van der Waals surface area (Å²) in [5.74, 6) is 0.549. The van der Waals surface area contributed by atoms with Gasteiger partial charge in [-0.2, -0.15) is 13.2 Å². The van der Waals surface area contributed by atoms with E-state index in [0.29, 0.717) is 33.4 Å². The van der Waals surface area contributed by atoms with Crippen LogP contribution in [0.2, 0.25) is 5.02 Å². The number of alkyl halides is 3. The highest BCUT2D eigenvalue weighted by molar-refractivity contribution is 6.35. The maximum Gasteiger partial charge on any atom is 0.416 e. The van der Waals surface area contributed by atoms with Crippen LogP contribution in [0, 0.1) is 0 Å². The van der Waals surface area contributed by atoms with Crippen LogP contribution in [0.1, 0.15) is 35.5 Å². The van der Waals surface area contributed by atoms with Gasteiger partial charge in [0.1, 0.15) is 12.4 Å². The van der Waals surface area contributed by atoms with E-state index in [1.54, 1.807) is 28.8 Å². The molecule has 8 heteroatoms. The summed E-state index contributed by atoms with van der Waals surface area (Å²) < 4.78 is 41.5. The van der Waals surface area contributed by atoms with Crippen LogP contribution >= 0.6 is 11.6 Å². The first-order chi connectivity index (χ1) is 12.4. The molecule has 1 aliphatic heterocycles. The maximum absolute atomic E-state index is 13.3. The lowest BCUT2D eigenvalue weighted by molar-refractivity contribution is -0.137. The molecule has 1 atom stereocenters. The molecular formula is C18H12ClF3N4. The highest BCUT2D eigenvalue weighted by atomic mass is 35.5. The molecule has 0 amide bonds. The fraction of sp³-hybridized carbons (Fsp3) is 0.167. The first kappa shape index (κ1) is 16.8. The summed E-state index contributed by atoms with van der Waals surface area (Å²) in [4.78, 5) is 4.63. The predicted octanol–water partition coefficient (Wildman–Crippen LogP) is 4.85. The van der Waals surface area contributed by atoms with E-state index in [-0.39, 0.29) is 0 Å². The van der Waals surface area contributed by atoms with Gasteiger partial charge in [-0.3, -0.25) is 9.56 Å². The van der Waals surface area contributed by atoms with Crippen LogP contribution in [0.25, 0.3) is 5.69 Å². The molecule has 26 heavy (non-hydrogen) atoms. The van der Waals surface area contributed by atoms with Crippen molar-refractivity contribution < 1.29 is 13.2 Å². The molecule has 2 aromatic carbocycles. The Hall–Kier alpha value is -2.67. The van der Waals surface area contributed by atoms with Crippen LogP contribution < -0.4 is 0 Å². The summed E-state index contributed by atoms with van der Waals surface area (Å²) in [5.41, 5.74) is 1.08. The van der Waals surface area contributed by atoms with Crippen LogP contribution in [0.5, 0.6) is 0 Å². The Morgan fingerprint density at radius 3 is 2.58 bits per heavy atom. The third kappa shape index (κ3) is 2.68. The molecule has 132 valence electrons. The quantitative estimate of drug-likeness (QED) is 0.609. The number of aromatic nitrogens is 3. The van der Waals surface area contributed by atoms with Crippen molar-refractivity contribution in [3.63, 3.8) is 0 Å². The Kier molecular flexibility index (Phi) is 3.84. The van der Waals surface area contributed by atoms with Gasteiger partial charge in [0, 0.05) is 16.1 Å². The molecule has 4 nitrogen and oxygen atoms in total. The Labute approximate surface area is 152 Å². The van der Waals surface area contributed by atoms with Crippen molar-refractivity contribution in [2.45, 2.75) is 19.1 Å². The average molecular weight is 377 g/mol. The molecule has 1 aliphatic rings. The SMILES string of the molecule is CC1N=C(c2ccccc2Cl)c2cc(C(F)(F)F)ccc2-n2cnnc21. The van der Waals surface area contributed by atoms with Crippen molar-refractivity contribution in [2.75, 3.05) is 0 Å². The summed E-state index contributed by atoms with van der Waals surface area (Å²) in [5, 5.41) is 8.36. The van der Waals surface area contributed by atoms with Gasteiger partial charge < -0.3 is 0 Å². The average Bonchev–Trinajstić information content (AvgIpc) is 3.05. The van der Waals surface area contributed by atoms with E-state index in [9.17, 15) is 13.2 Å². The second-order valence-electron chi connectivity index (χ2n) is 5.92. The number of halogens is 4. The molecule has 2 heterocycles. The highest BCUT2D eigenvalue weighted by Gasteiger charge is 2.33. The third-order valence-electron chi connectivity index (χ3n) is 4.24. The Balaban J connectivity index is 2.04. The van der Waals surface area contributed by atoms with Gasteiger partial charge >= 0.3 is 6.18 Å². The van der Waals surface area contributed by atoms with Crippen molar-refractivity contribution in [1.29, 1.82) is 0 Å². The summed E-state index contributed by atoms with van der Waals surface area (Å²) >= 11 is 6.30. The minimum atomic E-state index is -4.46. The molecule has 0 radical (unpaired) electrons. The van der Waals surface area contributed by atoms with E-state index in [2.05, 4.69) is 15.2 Å². The molecule has 0 N–H and O–H groups in total. The molecule has 1 aromatic heterocycles. The molecular weight excluding hydrogens is 365 g/mol. The minimum absolute atomic E-state index is 0.332. The molecule has 3 aromatic rings. The molecule has 0 aliphatic carbocycles. The summed E-state index contributed by atoms with van der Waals surface area (Å²) in [6.45, 7) is 1.81. The fourth-order valence-electron chi connectivity index (χ4n) is 3.02. The summed E-state index contributed by atoms with van der Waals surface area (Å²) in [6.07, 6.45) is -2.99. The minimum Gasteiger partial charge on any atom is -0.283 e. The molecule has 1 unspecified atom stereocenters. The number of aliphatic imine (C=N–C) groups is 1. The van der Waals surface area contributed by atoms with E-state index in [0.717, 1.165) is 12.1 Å². The lowest BCUT2D eigenvalue weighted by atomic mass is 9.98. The van der Waals surface area contributed by atoms with E-state index in [4.69, 9.17) is 11.6 Å². The van der Waals surface area contributed by atoms with E-state index < -0.39 is 17.8 Å². The van der Waals surface area contributed by atoms with Gasteiger partial charge in [-0.25, -0.2) is 0 Å². The van der Waals surface area contributed by atoms with Gasteiger partial charge in [0.05, 0.1) is 17.0 Å². The molecule has 4 rings (SSSR count). The molecule has 0 saturated carbocycles. The van der Waals surface area contributed by atoms with Gasteiger partial charge in [0.2, 0.25) is 0 Å². The van der Waals surface area contributed by atoms with Gasteiger partial charge in [0.25, 0.3) is 0 Å². The Bertz CT molecular complexity index is 1020. The zero-order valence-corrected chi connectivity index (χ0v) is 14.3. The van der Waals surface area contributed by atoms with Crippen LogP contribution in [0.15, 0.2) is 53.8 Å². The lowest BCUT2D eigenvalue weighted by Crippen LogP contribution is -2.12. The number of nitrogens with zero attached hydrogens (tertiary/aromatic N) is 4. The maximum atomic E-state index is 13.3. The predicted molar refractivity (Wildman–Crippen MR) is 91.9 cm³/mol. The van der Waals surface area contributed by atoms with Crippen LogP contribution in [-0.2, 0) is 6.18 Å². The fourth-order valence-corrected chi connectivity index (χ4v) is 3.24. The van der Waals surface area contributed by atoms with Crippen molar-refractivity contribution in [2.24, 2.45) is 4.99 Å². The molecule has 0 fully saturated rings. The van der Waals surface area contributed by atoms with E-state index in [1.807, 2.05) is 6.92 Å². The lowest BCUT2D eigenvalue weighted by Gasteiger charge is -2.15. The zero-order chi connectivity index (χ0) is 18.5. The molecule has 0 saturated heterocycles. The highest BCUT2D eigenvalue weighted by Crippen LogP contribution is 2.36. The van der Waals surface area contributed by atoms with Crippen molar-refractivity contribution in [1.82, 2.24) is 14.8 Å².